The first kappa shape index (κ1) is 22.2. The van der Waals surface area contributed by atoms with Crippen molar-refractivity contribution in [3.8, 4) is 34.2 Å². The molecule has 0 aliphatic heterocycles. The molecule has 0 fully saturated rings. The van der Waals surface area contributed by atoms with Crippen LogP contribution in [-0.2, 0) is 0 Å². The van der Waals surface area contributed by atoms with Crippen molar-refractivity contribution in [2.75, 3.05) is 0 Å². The van der Waals surface area contributed by atoms with E-state index in [9.17, 15) is 0 Å². The van der Waals surface area contributed by atoms with Crippen molar-refractivity contribution in [3.05, 3.63) is 133 Å². The highest BCUT2D eigenvalue weighted by atomic mass is 15.0. The Bertz CT molecular complexity index is 2330. The van der Waals surface area contributed by atoms with Gasteiger partial charge in [-0.05, 0) is 35.0 Å². The molecule has 0 saturated heterocycles. The van der Waals surface area contributed by atoms with Gasteiger partial charge in [-0.15, -0.1) is 0 Å². The summed E-state index contributed by atoms with van der Waals surface area (Å²) in [6, 6.07) is 46.7. The van der Waals surface area contributed by atoms with E-state index in [0.717, 1.165) is 16.7 Å². The van der Waals surface area contributed by atoms with E-state index in [0.29, 0.717) is 17.5 Å². The highest BCUT2D eigenvalue weighted by Gasteiger charge is 2.19. The third-order valence-corrected chi connectivity index (χ3v) is 8.16. The maximum Gasteiger partial charge on any atom is 0.164 e. The zero-order valence-corrected chi connectivity index (χ0v) is 22.0. The third kappa shape index (κ3) is 3.25. The van der Waals surface area contributed by atoms with Crippen LogP contribution >= 0.6 is 0 Å². The molecule has 41 heavy (non-hydrogen) atoms. The summed E-state index contributed by atoms with van der Waals surface area (Å²) in [5, 5.41) is 7.53. The van der Waals surface area contributed by atoms with Crippen LogP contribution in [0.2, 0.25) is 0 Å². The molecule has 0 spiro atoms. The minimum absolute atomic E-state index is 0.664. The molecule has 190 valence electrons. The third-order valence-electron chi connectivity index (χ3n) is 8.16. The SMILES string of the molecule is c1ccc(-c2nc(-c3ccccc3)nc(-c3ccc4c(c3)c3ccc5cccc6c7ccccc7n4c3c56)n2)cc1. The standard InChI is InChI=1S/C37H22N4/c1-3-10-24(11-4-1)35-38-36(25-12-5-2-6-13-25)40-37(39-35)26-19-21-32-30(22-26)29-20-18-23-14-9-16-28-27-15-7-8-17-31(27)41(32)34(29)33(23)28/h1-22H. The van der Waals surface area contributed by atoms with Gasteiger partial charge in [-0.3, -0.25) is 0 Å². The van der Waals surface area contributed by atoms with Crippen LogP contribution in [0.4, 0.5) is 0 Å². The smallest absolute Gasteiger partial charge is 0.164 e. The van der Waals surface area contributed by atoms with Crippen molar-refractivity contribution in [3.63, 3.8) is 0 Å². The second-order valence-electron chi connectivity index (χ2n) is 10.5. The molecule has 9 aromatic rings. The van der Waals surface area contributed by atoms with E-state index in [-0.39, 0.29) is 0 Å². The van der Waals surface area contributed by atoms with E-state index >= 15 is 0 Å². The molecule has 0 saturated carbocycles. The predicted molar refractivity (Wildman–Crippen MR) is 168 cm³/mol. The second kappa shape index (κ2) is 8.44. The van der Waals surface area contributed by atoms with E-state index in [1.807, 2.05) is 60.7 Å². The van der Waals surface area contributed by atoms with E-state index in [2.05, 4.69) is 77.2 Å². The Kier molecular flexibility index (Phi) is 4.58. The Balaban J connectivity index is 1.35. The van der Waals surface area contributed by atoms with Crippen molar-refractivity contribution in [1.82, 2.24) is 19.4 Å². The first-order chi connectivity index (χ1) is 20.3. The molecule has 0 aliphatic rings. The topological polar surface area (TPSA) is 43.1 Å². The number of hydrogen-bond acceptors (Lipinski definition) is 3. The Labute approximate surface area is 235 Å². The van der Waals surface area contributed by atoms with Gasteiger partial charge in [0.1, 0.15) is 0 Å². The maximum absolute atomic E-state index is 4.98. The fourth-order valence-electron chi connectivity index (χ4n) is 6.32. The molecular formula is C37H22N4. The lowest BCUT2D eigenvalue weighted by Gasteiger charge is -2.12. The predicted octanol–water partition coefficient (Wildman–Crippen LogP) is 9.18. The van der Waals surface area contributed by atoms with E-state index in [1.54, 1.807) is 0 Å². The normalized spacial score (nSPS) is 11.9. The summed E-state index contributed by atoms with van der Waals surface area (Å²) >= 11 is 0. The van der Waals surface area contributed by atoms with Crippen LogP contribution in [0.3, 0.4) is 0 Å². The average Bonchev–Trinajstić information content (AvgIpc) is 3.39. The van der Waals surface area contributed by atoms with Gasteiger partial charge in [0.15, 0.2) is 17.5 Å². The summed E-state index contributed by atoms with van der Waals surface area (Å²) in [7, 11) is 0. The fraction of sp³-hybridized carbons (Fsp3) is 0. The number of rotatable bonds is 3. The van der Waals surface area contributed by atoms with Gasteiger partial charge in [0.25, 0.3) is 0 Å². The molecule has 9 rings (SSSR count). The van der Waals surface area contributed by atoms with Crippen LogP contribution < -0.4 is 0 Å². The number of fused-ring (bicyclic) bond motifs is 6. The molecule has 0 aliphatic carbocycles. The molecule has 3 aromatic heterocycles. The van der Waals surface area contributed by atoms with Crippen LogP contribution in [0.25, 0.3) is 83.0 Å². The molecule has 0 bridgehead atoms. The highest BCUT2D eigenvalue weighted by molar-refractivity contribution is 6.28. The van der Waals surface area contributed by atoms with Crippen molar-refractivity contribution < 1.29 is 0 Å². The number of hydrogen-bond donors (Lipinski definition) is 0. The Hall–Kier alpha value is -5.61. The van der Waals surface area contributed by atoms with Crippen LogP contribution in [0.15, 0.2) is 133 Å². The average molecular weight is 523 g/mol. The minimum atomic E-state index is 0.664. The summed E-state index contributed by atoms with van der Waals surface area (Å²) in [5.74, 6) is 2.00. The van der Waals surface area contributed by atoms with Gasteiger partial charge in [0.05, 0.1) is 16.6 Å². The highest BCUT2D eigenvalue weighted by Crippen LogP contribution is 2.42. The van der Waals surface area contributed by atoms with Gasteiger partial charge in [0, 0.05) is 38.2 Å². The first-order valence-electron chi connectivity index (χ1n) is 13.8. The fourth-order valence-corrected chi connectivity index (χ4v) is 6.32. The number of benzene rings is 6. The quantitative estimate of drug-likeness (QED) is 0.172. The van der Waals surface area contributed by atoms with Gasteiger partial charge in [0.2, 0.25) is 0 Å². The minimum Gasteiger partial charge on any atom is -0.308 e. The molecule has 0 atom stereocenters. The van der Waals surface area contributed by atoms with E-state index in [1.165, 1.54) is 48.9 Å². The summed E-state index contributed by atoms with van der Waals surface area (Å²) in [5.41, 5.74) is 6.55. The van der Waals surface area contributed by atoms with Crippen LogP contribution in [-0.4, -0.2) is 19.4 Å². The number of pyridine rings is 1. The molecule has 0 unspecified atom stereocenters. The van der Waals surface area contributed by atoms with Crippen molar-refractivity contribution in [2.45, 2.75) is 0 Å². The Morgan fingerprint density at radius 1 is 0.390 bits per heavy atom. The summed E-state index contributed by atoms with van der Waals surface area (Å²) in [6.45, 7) is 0. The van der Waals surface area contributed by atoms with Crippen LogP contribution in [0, 0.1) is 0 Å². The van der Waals surface area contributed by atoms with Gasteiger partial charge in [-0.25, -0.2) is 15.0 Å². The second-order valence-corrected chi connectivity index (χ2v) is 10.5. The lowest BCUT2D eigenvalue weighted by atomic mass is 9.98. The first-order valence-corrected chi connectivity index (χ1v) is 13.8. The zero-order chi connectivity index (χ0) is 26.9. The monoisotopic (exact) mass is 522 g/mol. The van der Waals surface area contributed by atoms with Gasteiger partial charge >= 0.3 is 0 Å². The van der Waals surface area contributed by atoms with Gasteiger partial charge < -0.3 is 4.40 Å². The molecular weight excluding hydrogens is 500 g/mol. The number of para-hydroxylation sites is 1. The van der Waals surface area contributed by atoms with Crippen molar-refractivity contribution in [2.24, 2.45) is 0 Å². The maximum atomic E-state index is 4.98. The Morgan fingerprint density at radius 2 is 1.00 bits per heavy atom. The Morgan fingerprint density at radius 3 is 1.73 bits per heavy atom. The molecule has 3 heterocycles. The van der Waals surface area contributed by atoms with Crippen molar-refractivity contribution >= 4 is 48.9 Å². The van der Waals surface area contributed by atoms with E-state index < -0.39 is 0 Å². The lowest BCUT2D eigenvalue weighted by molar-refractivity contribution is 1.07. The molecule has 0 radical (unpaired) electrons. The molecule has 0 N–H and O–H groups in total. The molecule has 0 amide bonds. The molecule has 4 nitrogen and oxygen atoms in total. The number of nitrogens with zero attached hydrogens (tertiary/aromatic N) is 4. The van der Waals surface area contributed by atoms with Crippen LogP contribution in [0.1, 0.15) is 0 Å². The summed E-state index contributed by atoms with van der Waals surface area (Å²) in [4.78, 5) is 14.8. The van der Waals surface area contributed by atoms with Crippen molar-refractivity contribution in [1.29, 1.82) is 0 Å². The summed E-state index contributed by atoms with van der Waals surface area (Å²) < 4.78 is 2.43. The lowest BCUT2D eigenvalue weighted by Crippen LogP contribution is -2.00. The van der Waals surface area contributed by atoms with Gasteiger partial charge in [-0.1, -0.05) is 109 Å². The van der Waals surface area contributed by atoms with Crippen LogP contribution in [0.5, 0.6) is 0 Å². The number of aromatic nitrogens is 4. The molecule has 6 aromatic carbocycles. The largest absolute Gasteiger partial charge is 0.308 e. The van der Waals surface area contributed by atoms with E-state index in [4.69, 9.17) is 15.0 Å². The van der Waals surface area contributed by atoms with Gasteiger partial charge in [-0.2, -0.15) is 0 Å². The molecule has 4 heteroatoms. The zero-order valence-electron chi connectivity index (χ0n) is 22.0. The summed E-state index contributed by atoms with van der Waals surface area (Å²) in [6.07, 6.45) is 0.